The molecule has 0 aliphatic heterocycles. The molecule has 13 heavy (non-hydrogen) atoms. The van der Waals surface area contributed by atoms with Gasteiger partial charge in [-0.05, 0) is 11.8 Å². The molecule has 0 amide bonds. The molecule has 5 nitrogen and oxygen atoms in total. The van der Waals surface area contributed by atoms with Crippen LogP contribution in [0.1, 0.15) is 25.4 Å². The highest BCUT2D eigenvalue weighted by molar-refractivity contribution is 5.28. The van der Waals surface area contributed by atoms with Crippen molar-refractivity contribution in [3.63, 3.8) is 0 Å². The van der Waals surface area contributed by atoms with Gasteiger partial charge in [0.2, 0.25) is 0 Å². The average molecular weight is 185 g/mol. The number of hydrogen-bond donors (Lipinski definition) is 0. The van der Waals surface area contributed by atoms with E-state index in [4.69, 9.17) is 0 Å². The Morgan fingerprint density at radius 3 is 2.00 bits per heavy atom. The van der Waals surface area contributed by atoms with E-state index >= 15 is 0 Å². The van der Waals surface area contributed by atoms with Crippen LogP contribution < -0.4 is 0 Å². The fourth-order valence-corrected chi connectivity index (χ4v) is 1.02. The zero-order valence-corrected chi connectivity index (χ0v) is 8.66. The van der Waals surface area contributed by atoms with Crippen molar-refractivity contribution in [1.82, 2.24) is 9.55 Å². The van der Waals surface area contributed by atoms with E-state index in [0.29, 0.717) is 11.5 Å². The van der Waals surface area contributed by atoms with Gasteiger partial charge >= 0.3 is 5.82 Å². The maximum Gasteiger partial charge on any atom is 0.345 e. The smallest absolute Gasteiger partial charge is 0.345 e. The first-order valence-electron chi connectivity index (χ1n) is 4.18. The first-order valence-corrected chi connectivity index (χ1v) is 4.18. The molecule has 0 spiro atoms. The SMILES string of the molecule is CC.Cc1nc(C)n(C)c1[N+](=O)[O-]. The predicted molar refractivity (Wildman–Crippen MR) is 50.7 cm³/mol. The number of aromatic nitrogens is 2. The minimum Gasteiger partial charge on any atom is -0.358 e. The molecule has 0 aliphatic rings. The lowest BCUT2D eigenvalue weighted by atomic mass is 10.5. The van der Waals surface area contributed by atoms with E-state index in [2.05, 4.69) is 4.98 Å². The normalized spacial score (nSPS) is 9.00. The van der Waals surface area contributed by atoms with Crippen molar-refractivity contribution in [3.05, 3.63) is 21.6 Å². The molecule has 0 radical (unpaired) electrons. The van der Waals surface area contributed by atoms with Gasteiger partial charge in [0.1, 0.15) is 5.69 Å². The Morgan fingerprint density at radius 2 is 1.85 bits per heavy atom. The molecule has 0 unspecified atom stereocenters. The molecule has 0 aliphatic carbocycles. The second kappa shape index (κ2) is 4.59. The van der Waals surface area contributed by atoms with Gasteiger partial charge in [0.05, 0.1) is 7.05 Å². The van der Waals surface area contributed by atoms with Crippen LogP contribution in [0.2, 0.25) is 0 Å². The van der Waals surface area contributed by atoms with Crippen molar-refractivity contribution >= 4 is 5.82 Å². The molecule has 0 bridgehead atoms. The Kier molecular flexibility index (Phi) is 4.10. The molecule has 0 N–H and O–H groups in total. The van der Waals surface area contributed by atoms with Crippen molar-refractivity contribution in [2.45, 2.75) is 27.7 Å². The van der Waals surface area contributed by atoms with Gasteiger partial charge in [-0.1, -0.05) is 13.8 Å². The van der Waals surface area contributed by atoms with Crippen LogP contribution in [0, 0.1) is 24.0 Å². The summed E-state index contributed by atoms with van der Waals surface area (Å²) in [7, 11) is 1.63. The number of imidazole rings is 1. The predicted octanol–water partition coefficient (Wildman–Crippen LogP) is 1.97. The summed E-state index contributed by atoms with van der Waals surface area (Å²) in [6.07, 6.45) is 0. The Morgan fingerprint density at radius 1 is 1.38 bits per heavy atom. The lowest BCUT2D eigenvalue weighted by Gasteiger charge is -1.94. The van der Waals surface area contributed by atoms with Crippen LogP contribution in [-0.4, -0.2) is 14.5 Å². The highest BCUT2D eigenvalue weighted by Crippen LogP contribution is 2.16. The molecular weight excluding hydrogens is 170 g/mol. The number of aryl methyl sites for hydroxylation is 2. The lowest BCUT2D eigenvalue weighted by molar-refractivity contribution is -0.392. The topological polar surface area (TPSA) is 61.0 Å². The van der Waals surface area contributed by atoms with Gasteiger partial charge in [-0.2, -0.15) is 0 Å². The van der Waals surface area contributed by atoms with Crippen LogP contribution in [-0.2, 0) is 7.05 Å². The highest BCUT2D eigenvalue weighted by atomic mass is 16.6. The van der Waals surface area contributed by atoms with E-state index in [1.54, 1.807) is 20.9 Å². The van der Waals surface area contributed by atoms with Crippen molar-refractivity contribution in [2.75, 3.05) is 0 Å². The quantitative estimate of drug-likeness (QED) is 0.496. The monoisotopic (exact) mass is 185 g/mol. The van der Waals surface area contributed by atoms with Gasteiger partial charge in [0.25, 0.3) is 0 Å². The zero-order chi connectivity index (χ0) is 10.6. The van der Waals surface area contributed by atoms with Gasteiger partial charge in [-0.25, -0.2) is 9.55 Å². The minimum absolute atomic E-state index is 0.0718. The fraction of sp³-hybridized carbons (Fsp3) is 0.625. The molecule has 1 rings (SSSR count). The van der Waals surface area contributed by atoms with Crippen LogP contribution >= 0.6 is 0 Å². The third kappa shape index (κ3) is 2.27. The Bertz CT molecular complexity index is 305. The average Bonchev–Trinajstić information content (AvgIpc) is 2.30. The van der Waals surface area contributed by atoms with Crippen molar-refractivity contribution < 1.29 is 4.92 Å². The molecular formula is C8H15N3O2. The van der Waals surface area contributed by atoms with Crippen LogP contribution in [0.4, 0.5) is 5.82 Å². The molecule has 0 atom stereocenters. The van der Waals surface area contributed by atoms with E-state index in [1.165, 1.54) is 4.57 Å². The number of nitrogens with zero attached hydrogens (tertiary/aromatic N) is 3. The first-order chi connectivity index (χ1) is 6.04. The third-order valence-electron chi connectivity index (χ3n) is 1.63. The van der Waals surface area contributed by atoms with Crippen molar-refractivity contribution in [1.29, 1.82) is 0 Å². The lowest BCUT2D eigenvalue weighted by Crippen LogP contribution is -1.99. The van der Waals surface area contributed by atoms with E-state index in [0.717, 1.165) is 0 Å². The molecule has 74 valence electrons. The van der Waals surface area contributed by atoms with Crippen LogP contribution in [0.15, 0.2) is 0 Å². The Balaban J connectivity index is 0.000000671. The van der Waals surface area contributed by atoms with Crippen LogP contribution in [0.5, 0.6) is 0 Å². The highest BCUT2D eigenvalue weighted by Gasteiger charge is 2.18. The summed E-state index contributed by atoms with van der Waals surface area (Å²) in [5, 5.41) is 10.4. The fourth-order valence-electron chi connectivity index (χ4n) is 1.02. The van der Waals surface area contributed by atoms with Gasteiger partial charge in [-0.3, -0.25) is 0 Å². The molecule has 1 aromatic rings. The van der Waals surface area contributed by atoms with Gasteiger partial charge in [-0.15, -0.1) is 0 Å². The summed E-state index contributed by atoms with van der Waals surface area (Å²) in [4.78, 5) is 13.9. The Labute approximate surface area is 77.6 Å². The molecule has 1 heterocycles. The maximum absolute atomic E-state index is 10.4. The second-order valence-corrected chi connectivity index (χ2v) is 2.38. The minimum atomic E-state index is -0.421. The largest absolute Gasteiger partial charge is 0.358 e. The van der Waals surface area contributed by atoms with E-state index < -0.39 is 4.92 Å². The van der Waals surface area contributed by atoms with Crippen LogP contribution in [0.3, 0.4) is 0 Å². The number of rotatable bonds is 1. The number of hydrogen-bond acceptors (Lipinski definition) is 3. The van der Waals surface area contributed by atoms with Crippen molar-refractivity contribution in [2.24, 2.45) is 7.05 Å². The van der Waals surface area contributed by atoms with Crippen LogP contribution in [0.25, 0.3) is 0 Å². The molecule has 0 saturated heterocycles. The molecule has 0 aromatic carbocycles. The van der Waals surface area contributed by atoms with E-state index in [9.17, 15) is 10.1 Å². The first kappa shape index (κ1) is 11.6. The Hall–Kier alpha value is -1.39. The molecule has 1 aromatic heterocycles. The van der Waals surface area contributed by atoms with Gasteiger partial charge in [0.15, 0.2) is 5.82 Å². The summed E-state index contributed by atoms with van der Waals surface area (Å²) in [6, 6.07) is 0. The summed E-state index contributed by atoms with van der Waals surface area (Å²) >= 11 is 0. The molecule has 5 heteroatoms. The summed E-state index contributed by atoms with van der Waals surface area (Å²) < 4.78 is 1.47. The summed E-state index contributed by atoms with van der Waals surface area (Å²) in [5.74, 6) is 0.733. The summed E-state index contributed by atoms with van der Waals surface area (Å²) in [6.45, 7) is 7.37. The van der Waals surface area contributed by atoms with Gasteiger partial charge < -0.3 is 10.1 Å². The number of nitro groups is 1. The third-order valence-corrected chi connectivity index (χ3v) is 1.63. The van der Waals surface area contributed by atoms with E-state index in [1.807, 2.05) is 13.8 Å². The van der Waals surface area contributed by atoms with Gasteiger partial charge in [0, 0.05) is 6.92 Å². The molecule has 0 fully saturated rings. The standard InChI is InChI=1S/C6H9N3O2.C2H6/c1-4-6(9(10)11)8(3)5(2)7-4;1-2/h1-3H3;1-2H3. The zero-order valence-electron chi connectivity index (χ0n) is 8.66. The van der Waals surface area contributed by atoms with E-state index in [-0.39, 0.29) is 5.82 Å². The second-order valence-electron chi connectivity index (χ2n) is 2.38. The maximum atomic E-state index is 10.4. The molecule has 0 saturated carbocycles. The van der Waals surface area contributed by atoms with Crippen molar-refractivity contribution in [3.8, 4) is 0 Å². The summed E-state index contributed by atoms with van der Waals surface area (Å²) in [5.41, 5.74) is 0.468.